The van der Waals surface area contributed by atoms with Crippen LogP contribution < -0.4 is 5.56 Å². The second-order valence-corrected chi connectivity index (χ2v) is 5.57. The molecular formula is C11H7IN4OS. The molecule has 0 fully saturated rings. The van der Waals surface area contributed by atoms with Gasteiger partial charge < -0.3 is 9.97 Å². The zero-order valence-electron chi connectivity index (χ0n) is 8.98. The van der Waals surface area contributed by atoms with E-state index in [0.29, 0.717) is 8.60 Å². The maximum absolute atomic E-state index is 11.5. The third-order valence-corrected chi connectivity index (χ3v) is 4.58. The second-order valence-electron chi connectivity index (χ2n) is 3.51. The lowest BCUT2D eigenvalue weighted by Crippen LogP contribution is -2.11. The lowest BCUT2D eigenvalue weighted by molar-refractivity contribution is 0.976. The number of halogens is 1. The van der Waals surface area contributed by atoms with Crippen LogP contribution in [0.5, 0.6) is 0 Å². The van der Waals surface area contributed by atoms with Gasteiger partial charge in [0.05, 0.1) is 17.4 Å². The maximum Gasteiger partial charge on any atom is 0.265 e. The van der Waals surface area contributed by atoms with Gasteiger partial charge in [-0.15, -0.1) is 0 Å². The number of nitrogens with zero attached hydrogens (tertiary/aromatic N) is 2. The summed E-state index contributed by atoms with van der Waals surface area (Å²) in [6.07, 6.45) is 1.40. The molecule has 2 heterocycles. The van der Waals surface area contributed by atoms with E-state index in [1.807, 2.05) is 46.9 Å². The standard InChI is InChI=1S/C11H7IN4OS/c12-8-9(17)13-5-14-10(8)18-11-15-6-3-1-2-4-7(6)16-11/h1-5H,(H,15,16)(H,13,14,17). The van der Waals surface area contributed by atoms with Crippen molar-refractivity contribution >= 4 is 45.4 Å². The molecule has 7 heteroatoms. The molecule has 0 aliphatic rings. The van der Waals surface area contributed by atoms with Gasteiger partial charge in [0.2, 0.25) is 0 Å². The van der Waals surface area contributed by atoms with Crippen LogP contribution in [0.15, 0.2) is 45.6 Å². The Morgan fingerprint density at radius 2 is 2.11 bits per heavy atom. The number of aromatic amines is 2. The van der Waals surface area contributed by atoms with Crippen molar-refractivity contribution in [2.24, 2.45) is 0 Å². The Hall–Kier alpha value is -1.35. The molecular weight excluding hydrogens is 363 g/mol. The van der Waals surface area contributed by atoms with Crippen LogP contribution in [0.1, 0.15) is 0 Å². The lowest BCUT2D eigenvalue weighted by atomic mass is 10.3. The van der Waals surface area contributed by atoms with E-state index in [4.69, 9.17) is 0 Å². The smallest absolute Gasteiger partial charge is 0.265 e. The number of aromatic nitrogens is 4. The third-order valence-electron chi connectivity index (χ3n) is 2.33. The number of benzene rings is 1. The summed E-state index contributed by atoms with van der Waals surface area (Å²) in [5.41, 5.74) is 1.74. The summed E-state index contributed by atoms with van der Waals surface area (Å²) in [7, 11) is 0. The molecule has 0 saturated heterocycles. The topological polar surface area (TPSA) is 74.4 Å². The highest BCUT2D eigenvalue weighted by Crippen LogP contribution is 2.27. The number of hydrogen-bond acceptors (Lipinski definition) is 4. The Balaban J connectivity index is 2.01. The fourth-order valence-corrected chi connectivity index (χ4v) is 2.91. The number of rotatable bonds is 2. The van der Waals surface area contributed by atoms with E-state index >= 15 is 0 Å². The van der Waals surface area contributed by atoms with E-state index < -0.39 is 0 Å². The summed E-state index contributed by atoms with van der Waals surface area (Å²) in [5, 5.41) is 1.38. The first-order valence-corrected chi connectivity index (χ1v) is 6.99. The summed E-state index contributed by atoms with van der Waals surface area (Å²) in [5.74, 6) is 0. The Morgan fingerprint density at radius 1 is 1.28 bits per heavy atom. The number of imidazole rings is 1. The molecule has 1 aromatic carbocycles. The molecule has 0 bridgehead atoms. The van der Waals surface area contributed by atoms with Gasteiger partial charge >= 0.3 is 0 Å². The average Bonchev–Trinajstić information content (AvgIpc) is 2.77. The van der Waals surface area contributed by atoms with Crippen LogP contribution in [-0.4, -0.2) is 19.9 Å². The first-order valence-electron chi connectivity index (χ1n) is 5.10. The average molecular weight is 370 g/mol. The molecule has 0 unspecified atom stereocenters. The number of hydrogen-bond donors (Lipinski definition) is 2. The van der Waals surface area contributed by atoms with E-state index in [2.05, 4.69) is 19.9 Å². The molecule has 90 valence electrons. The van der Waals surface area contributed by atoms with Crippen molar-refractivity contribution in [3.05, 3.63) is 44.5 Å². The Morgan fingerprint density at radius 3 is 2.94 bits per heavy atom. The number of para-hydroxylation sites is 2. The SMILES string of the molecule is O=c1[nH]cnc(Sc2nc3ccccc3[nH]2)c1I. The van der Waals surface area contributed by atoms with Crippen LogP contribution >= 0.6 is 34.4 Å². The Labute approximate surface area is 120 Å². The van der Waals surface area contributed by atoms with Gasteiger partial charge in [-0.1, -0.05) is 12.1 Å². The van der Waals surface area contributed by atoms with E-state index in [0.717, 1.165) is 16.2 Å². The largest absolute Gasteiger partial charge is 0.333 e. The molecule has 0 radical (unpaired) electrons. The van der Waals surface area contributed by atoms with Crippen molar-refractivity contribution in [2.75, 3.05) is 0 Å². The second kappa shape index (κ2) is 4.73. The Bertz CT molecular complexity index is 734. The number of nitrogens with one attached hydrogen (secondary N) is 2. The highest BCUT2D eigenvalue weighted by molar-refractivity contribution is 14.1. The summed E-state index contributed by atoms with van der Waals surface area (Å²) in [6, 6.07) is 7.78. The van der Waals surface area contributed by atoms with Crippen molar-refractivity contribution in [3.8, 4) is 0 Å². The molecule has 0 amide bonds. The molecule has 3 rings (SSSR count). The van der Waals surface area contributed by atoms with Crippen molar-refractivity contribution in [1.82, 2.24) is 19.9 Å². The molecule has 0 spiro atoms. The van der Waals surface area contributed by atoms with Gasteiger partial charge in [-0.3, -0.25) is 4.79 Å². The van der Waals surface area contributed by atoms with Crippen LogP contribution in [0.2, 0.25) is 0 Å². The number of fused-ring (bicyclic) bond motifs is 1. The van der Waals surface area contributed by atoms with E-state index in [9.17, 15) is 4.79 Å². The van der Waals surface area contributed by atoms with Gasteiger partial charge in [-0.05, 0) is 46.5 Å². The summed E-state index contributed by atoms with van der Waals surface area (Å²) in [4.78, 5) is 25.8. The van der Waals surface area contributed by atoms with E-state index in [1.165, 1.54) is 18.1 Å². The summed E-state index contributed by atoms with van der Waals surface area (Å²) in [6.45, 7) is 0. The van der Waals surface area contributed by atoms with Crippen LogP contribution in [0, 0.1) is 3.57 Å². The highest BCUT2D eigenvalue weighted by atomic mass is 127. The summed E-state index contributed by atoms with van der Waals surface area (Å²) >= 11 is 3.33. The molecule has 0 saturated carbocycles. The molecule has 18 heavy (non-hydrogen) atoms. The minimum atomic E-state index is -0.135. The van der Waals surface area contributed by atoms with Gasteiger partial charge in [0, 0.05) is 0 Å². The van der Waals surface area contributed by atoms with Gasteiger partial charge in [0.25, 0.3) is 5.56 Å². The lowest BCUT2D eigenvalue weighted by Gasteiger charge is -1.98. The fourth-order valence-electron chi connectivity index (χ4n) is 1.51. The molecule has 2 N–H and O–H groups in total. The normalized spacial score (nSPS) is 10.9. The minimum Gasteiger partial charge on any atom is -0.333 e. The predicted octanol–water partition coefficient (Wildman–Crippen LogP) is 2.40. The molecule has 3 aromatic rings. The zero-order chi connectivity index (χ0) is 12.5. The predicted molar refractivity (Wildman–Crippen MR) is 77.8 cm³/mol. The quantitative estimate of drug-likeness (QED) is 0.537. The molecule has 5 nitrogen and oxygen atoms in total. The van der Waals surface area contributed by atoms with Gasteiger partial charge in [0.15, 0.2) is 5.16 Å². The van der Waals surface area contributed by atoms with Crippen molar-refractivity contribution in [3.63, 3.8) is 0 Å². The molecule has 2 aromatic heterocycles. The Kier molecular flexibility index (Phi) is 3.08. The van der Waals surface area contributed by atoms with E-state index in [1.54, 1.807) is 0 Å². The van der Waals surface area contributed by atoms with Gasteiger partial charge in [-0.2, -0.15) is 0 Å². The van der Waals surface area contributed by atoms with E-state index in [-0.39, 0.29) is 5.56 Å². The maximum atomic E-state index is 11.5. The highest BCUT2D eigenvalue weighted by Gasteiger charge is 2.10. The van der Waals surface area contributed by atoms with Crippen LogP contribution in [-0.2, 0) is 0 Å². The summed E-state index contributed by atoms with van der Waals surface area (Å²) < 4.78 is 0.570. The van der Waals surface area contributed by atoms with Crippen LogP contribution in [0.25, 0.3) is 11.0 Å². The monoisotopic (exact) mass is 370 g/mol. The molecule has 0 aliphatic heterocycles. The third kappa shape index (κ3) is 2.15. The van der Waals surface area contributed by atoms with Crippen molar-refractivity contribution in [2.45, 2.75) is 10.2 Å². The van der Waals surface area contributed by atoms with Crippen LogP contribution in [0.3, 0.4) is 0 Å². The first-order chi connectivity index (χ1) is 8.74. The van der Waals surface area contributed by atoms with Crippen molar-refractivity contribution in [1.29, 1.82) is 0 Å². The zero-order valence-corrected chi connectivity index (χ0v) is 11.9. The van der Waals surface area contributed by atoms with Gasteiger partial charge in [-0.25, -0.2) is 9.97 Å². The molecule has 0 atom stereocenters. The van der Waals surface area contributed by atoms with Gasteiger partial charge in [0.1, 0.15) is 8.60 Å². The van der Waals surface area contributed by atoms with Crippen LogP contribution in [0.4, 0.5) is 0 Å². The van der Waals surface area contributed by atoms with Crippen molar-refractivity contribution < 1.29 is 0 Å². The number of H-pyrrole nitrogens is 2. The fraction of sp³-hybridized carbons (Fsp3) is 0. The minimum absolute atomic E-state index is 0.135. The molecule has 0 aliphatic carbocycles. The first kappa shape index (κ1) is 11.7.